The van der Waals surface area contributed by atoms with Gasteiger partial charge in [-0.15, -0.1) is 0 Å². The van der Waals surface area contributed by atoms with Crippen LogP contribution in [-0.2, 0) is 15.7 Å². The van der Waals surface area contributed by atoms with Gasteiger partial charge in [0.15, 0.2) is 5.78 Å². The van der Waals surface area contributed by atoms with E-state index in [4.69, 9.17) is 9.31 Å². The van der Waals surface area contributed by atoms with E-state index in [0.29, 0.717) is 17.9 Å². The molecular formula is C23H29BO3. The Hall–Kier alpha value is -1.91. The molecule has 0 aliphatic carbocycles. The van der Waals surface area contributed by atoms with Crippen molar-refractivity contribution >= 4 is 18.4 Å². The van der Waals surface area contributed by atoms with Gasteiger partial charge in [0.2, 0.25) is 0 Å². The third kappa shape index (κ3) is 4.17. The lowest BCUT2D eigenvalue weighted by Crippen LogP contribution is -2.41. The third-order valence-electron chi connectivity index (χ3n) is 5.75. The number of Topliss-reactive ketones (excluding diaryl/α,β-unsaturated/α-hetero) is 1. The lowest BCUT2D eigenvalue weighted by molar-refractivity contribution is 0.00578. The Morgan fingerprint density at radius 1 is 0.963 bits per heavy atom. The first-order chi connectivity index (χ1) is 12.6. The van der Waals surface area contributed by atoms with Crippen LogP contribution in [0.4, 0.5) is 0 Å². The molecule has 2 aromatic rings. The van der Waals surface area contributed by atoms with Crippen molar-refractivity contribution in [1.82, 2.24) is 0 Å². The van der Waals surface area contributed by atoms with Crippen molar-refractivity contribution in [2.45, 2.75) is 65.1 Å². The second-order valence-electron chi connectivity index (χ2n) is 8.71. The Kier molecular flexibility index (Phi) is 5.33. The largest absolute Gasteiger partial charge is 0.494 e. The second kappa shape index (κ2) is 7.25. The summed E-state index contributed by atoms with van der Waals surface area (Å²) in [6.45, 7) is 12.5. The molecule has 1 aliphatic heterocycles. The molecule has 0 aromatic heterocycles. The molecule has 0 spiro atoms. The number of hydrogen-bond acceptors (Lipinski definition) is 3. The first-order valence-corrected chi connectivity index (χ1v) is 9.67. The van der Waals surface area contributed by atoms with Gasteiger partial charge < -0.3 is 9.31 Å². The van der Waals surface area contributed by atoms with Gasteiger partial charge in [-0.2, -0.15) is 0 Å². The fourth-order valence-electron chi connectivity index (χ4n) is 3.15. The molecule has 142 valence electrons. The van der Waals surface area contributed by atoms with Gasteiger partial charge >= 0.3 is 7.12 Å². The minimum atomic E-state index is -0.451. The van der Waals surface area contributed by atoms with Crippen LogP contribution in [0.2, 0.25) is 0 Å². The van der Waals surface area contributed by atoms with Crippen LogP contribution in [0.15, 0.2) is 48.5 Å². The molecule has 3 nitrogen and oxygen atoms in total. The van der Waals surface area contributed by atoms with Crippen LogP contribution < -0.4 is 5.46 Å². The van der Waals surface area contributed by atoms with Crippen molar-refractivity contribution in [3.63, 3.8) is 0 Å². The van der Waals surface area contributed by atoms with E-state index < -0.39 is 18.3 Å². The Morgan fingerprint density at radius 3 is 2.11 bits per heavy atom. The van der Waals surface area contributed by atoms with E-state index in [-0.39, 0.29) is 5.78 Å². The number of carbonyl (C=O) groups is 1. The summed E-state index contributed by atoms with van der Waals surface area (Å²) in [4.78, 5) is 12.8. The maximum absolute atomic E-state index is 12.8. The van der Waals surface area contributed by atoms with Gasteiger partial charge in [-0.3, -0.25) is 4.79 Å². The van der Waals surface area contributed by atoms with E-state index in [1.165, 1.54) is 5.56 Å². The summed E-state index contributed by atoms with van der Waals surface area (Å²) in [5.41, 5.74) is 3.11. The fraction of sp³-hybridized carbons (Fsp3) is 0.435. The molecule has 3 rings (SSSR count). The number of rotatable bonds is 5. The minimum absolute atomic E-state index is 0.102. The van der Waals surface area contributed by atoms with Crippen LogP contribution >= 0.6 is 0 Å². The van der Waals surface area contributed by atoms with Crippen molar-refractivity contribution in [2.24, 2.45) is 0 Å². The highest BCUT2D eigenvalue weighted by atomic mass is 16.7. The van der Waals surface area contributed by atoms with Crippen molar-refractivity contribution < 1.29 is 14.1 Å². The molecule has 1 saturated heterocycles. The molecule has 27 heavy (non-hydrogen) atoms. The van der Waals surface area contributed by atoms with Gasteiger partial charge in [0, 0.05) is 12.0 Å². The summed E-state index contributed by atoms with van der Waals surface area (Å²) >= 11 is 0. The molecule has 2 aromatic carbocycles. The van der Waals surface area contributed by atoms with E-state index in [0.717, 1.165) is 11.0 Å². The van der Waals surface area contributed by atoms with Gasteiger partial charge in [-0.1, -0.05) is 62.4 Å². The van der Waals surface area contributed by atoms with Crippen LogP contribution in [0.5, 0.6) is 0 Å². The molecule has 0 radical (unpaired) electrons. The molecule has 0 saturated carbocycles. The topological polar surface area (TPSA) is 35.5 Å². The summed E-state index contributed by atoms with van der Waals surface area (Å²) in [5.74, 6) is 0.594. The van der Waals surface area contributed by atoms with Gasteiger partial charge in [0.25, 0.3) is 0 Å². The quantitative estimate of drug-likeness (QED) is 0.577. The average Bonchev–Trinajstić information content (AvgIpc) is 2.83. The Bertz CT molecular complexity index is 806. The number of carbonyl (C=O) groups excluding carboxylic acids is 1. The van der Waals surface area contributed by atoms with E-state index in [9.17, 15) is 4.79 Å². The van der Waals surface area contributed by atoms with E-state index in [1.54, 1.807) is 0 Å². The standard InChI is InChI=1S/C23H29BO3/c1-16(2)18-12-10-17(11-13-18)14-21(25)19-8-7-9-20(15-19)24-26-22(3,4)23(5,6)27-24/h7-13,15-16H,14H2,1-6H3. The number of hydrogen-bond donors (Lipinski definition) is 0. The third-order valence-corrected chi connectivity index (χ3v) is 5.75. The molecule has 0 atom stereocenters. The molecule has 0 unspecified atom stereocenters. The molecule has 1 fully saturated rings. The lowest BCUT2D eigenvalue weighted by atomic mass is 9.78. The van der Waals surface area contributed by atoms with Crippen LogP contribution in [0.25, 0.3) is 0 Å². The highest BCUT2D eigenvalue weighted by Gasteiger charge is 2.51. The summed E-state index contributed by atoms with van der Waals surface area (Å²) in [6.07, 6.45) is 0.394. The first kappa shape index (κ1) is 19.8. The monoisotopic (exact) mass is 364 g/mol. The molecular weight excluding hydrogens is 335 g/mol. The zero-order chi connectivity index (χ0) is 19.8. The first-order valence-electron chi connectivity index (χ1n) is 9.67. The summed E-state index contributed by atoms with van der Waals surface area (Å²) in [6, 6.07) is 15.9. The van der Waals surface area contributed by atoms with Crippen molar-refractivity contribution in [2.75, 3.05) is 0 Å². The summed E-state index contributed by atoms with van der Waals surface area (Å²) in [7, 11) is -0.451. The second-order valence-corrected chi connectivity index (χ2v) is 8.71. The Balaban J connectivity index is 1.74. The zero-order valence-electron chi connectivity index (χ0n) is 17.2. The smallest absolute Gasteiger partial charge is 0.399 e. The molecule has 0 bridgehead atoms. The SMILES string of the molecule is CC(C)c1ccc(CC(=O)c2cccc(B3OC(C)(C)C(C)(C)O3)c2)cc1. The Labute approximate surface area is 163 Å². The molecule has 0 amide bonds. The minimum Gasteiger partial charge on any atom is -0.399 e. The Morgan fingerprint density at radius 2 is 1.56 bits per heavy atom. The van der Waals surface area contributed by atoms with E-state index >= 15 is 0 Å². The molecule has 4 heteroatoms. The van der Waals surface area contributed by atoms with Crippen LogP contribution in [0.3, 0.4) is 0 Å². The molecule has 1 aliphatic rings. The van der Waals surface area contributed by atoms with Crippen molar-refractivity contribution in [1.29, 1.82) is 0 Å². The van der Waals surface area contributed by atoms with Crippen LogP contribution in [-0.4, -0.2) is 24.1 Å². The van der Waals surface area contributed by atoms with Crippen molar-refractivity contribution in [3.05, 3.63) is 65.2 Å². The lowest BCUT2D eigenvalue weighted by Gasteiger charge is -2.32. The molecule has 1 heterocycles. The average molecular weight is 364 g/mol. The van der Waals surface area contributed by atoms with Gasteiger partial charge in [-0.05, 0) is 50.2 Å². The normalized spacial score (nSPS) is 18.1. The predicted octanol–water partition coefficient (Wildman–Crippen LogP) is 4.53. The van der Waals surface area contributed by atoms with Gasteiger partial charge in [0.1, 0.15) is 0 Å². The van der Waals surface area contributed by atoms with Crippen LogP contribution in [0.1, 0.15) is 68.9 Å². The number of ketones is 1. The predicted molar refractivity (Wildman–Crippen MR) is 111 cm³/mol. The van der Waals surface area contributed by atoms with Crippen molar-refractivity contribution in [3.8, 4) is 0 Å². The highest BCUT2D eigenvalue weighted by Crippen LogP contribution is 2.36. The summed E-state index contributed by atoms with van der Waals surface area (Å²) < 4.78 is 12.2. The fourth-order valence-corrected chi connectivity index (χ4v) is 3.15. The van der Waals surface area contributed by atoms with E-state index in [2.05, 4.69) is 26.0 Å². The zero-order valence-corrected chi connectivity index (χ0v) is 17.2. The summed E-state index contributed by atoms with van der Waals surface area (Å²) in [5, 5.41) is 0. The maximum atomic E-state index is 12.8. The van der Waals surface area contributed by atoms with Crippen LogP contribution in [0, 0.1) is 0 Å². The van der Waals surface area contributed by atoms with E-state index in [1.807, 2.05) is 64.1 Å². The highest BCUT2D eigenvalue weighted by molar-refractivity contribution is 6.62. The van der Waals surface area contributed by atoms with Gasteiger partial charge in [0.05, 0.1) is 11.2 Å². The van der Waals surface area contributed by atoms with Gasteiger partial charge in [-0.25, -0.2) is 0 Å². The molecule has 0 N–H and O–H groups in total. The maximum Gasteiger partial charge on any atom is 0.494 e. The number of benzene rings is 2.